The molecule has 0 spiro atoms. The number of hydrogen-bond donors (Lipinski definition) is 1. The molecule has 1 N–H and O–H groups in total. The zero-order chi connectivity index (χ0) is 9.42. The Balaban J connectivity index is 2.85. The highest BCUT2D eigenvalue weighted by molar-refractivity contribution is 7.17. The van der Waals surface area contributed by atoms with E-state index in [9.17, 15) is 9.50 Å². The summed E-state index contributed by atoms with van der Waals surface area (Å²) in [6.07, 6.45) is 0. The predicted octanol–water partition coefficient (Wildman–Crippen LogP) is 3.48. The summed E-state index contributed by atoms with van der Waals surface area (Å²) in [5, 5.41) is 11.9. The molecule has 1 aromatic heterocycles. The van der Waals surface area contributed by atoms with Gasteiger partial charge in [-0.05, 0) is 17.5 Å². The van der Waals surface area contributed by atoms with Crippen molar-refractivity contribution in [3.05, 3.63) is 28.9 Å². The Kier molecular flexibility index (Phi) is 2.14. The Morgan fingerprint density at radius 3 is 3.00 bits per heavy atom. The molecule has 1 aromatic carbocycles. The molecule has 4 heteroatoms. The van der Waals surface area contributed by atoms with E-state index in [1.807, 2.05) is 0 Å². The van der Waals surface area contributed by atoms with Crippen molar-refractivity contribution in [2.75, 3.05) is 0 Å². The van der Waals surface area contributed by atoms with Crippen LogP contribution in [0.1, 0.15) is 5.56 Å². The molecule has 1 nitrogen and oxygen atoms in total. The standard InChI is InChI=1S/C9H6ClFOS/c10-4-5-3-7(11)9-6(8(5)12)1-2-13-9/h1-3,12H,4H2. The molecule has 0 radical (unpaired) electrons. The number of thiophene rings is 1. The molecule has 1 heterocycles. The van der Waals surface area contributed by atoms with Gasteiger partial charge in [0.15, 0.2) is 0 Å². The summed E-state index contributed by atoms with van der Waals surface area (Å²) in [6, 6.07) is 2.97. The van der Waals surface area contributed by atoms with Crippen LogP contribution in [0.15, 0.2) is 17.5 Å². The first kappa shape index (κ1) is 8.78. The van der Waals surface area contributed by atoms with Crippen LogP contribution in [0.2, 0.25) is 0 Å². The maximum absolute atomic E-state index is 13.3. The number of fused-ring (bicyclic) bond motifs is 1. The van der Waals surface area contributed by atoms with Crippen LogP contribution in [0.25, 0.3) is 10.1 Å². The second-order valence-corrected chi connectivity index (χ2v) is 3.85. The Hall–Kier alpha value is -0.800. The summed E-state index contributed by atoms with van der Waals surface area (Å²) >= 11 is 6.82. The number of halogens is 2. The van der Waals surface area contributed by atoms with Gasteiger partial charge in [0.2, 0.25) is 0 Å². The van der Waals surface area contributed by atoms with Crippen LogP contribution in [-0.4, -0.2) is 5.11 Å². The summed E-state index contributed by atoms with van der Waals surface area (Å²) in [6.45, 7) is 0. The molecule has 68 valence electrons. The van der Waals surface area contributed by atoms with Gasteiger partial charge in [0, 0.05) is 10.9 Å². The number of hydrogen-bond acceptors (Lipinski definition) is 2. The predicted molar refractivity (Wildman–Crippen MR) is 53.0 cm³/mol. The van der Waals surface area contributed by atoms with E-state index in [-0.39, 0.29) is 17.4 Å². The van der Waals surface area contributed by atoms with Crippen LogP contribution in [-0.2, 0) is 5.88 Å². The highest BCUT2D eigenvalue weighted by Crippen LogP contribution is 2.34. The van der Waals surface area contributed by atoms with Crippen molar-refractivity contribution in [3.8, 4) is 5.75 Å². The smallest absolute Gasteiger partial charge is 0.141 e. The summed E-state index contributed by atoms with van der Waals surface area (Å²) in [7, 11) is 0. The maximum atomic E-state index is 13.3. The van der Waals surface area contributed by atoms with Gasteiger partial charge in [0.25, 0.3) is 0 Å². The lowest BCUT2D eigenvalue weighted by Crippen LogP contribution is -1.83. The Morgan fingerprint density at radius 2 is 2.31 bits per heavy atom. The monoisotopic (exact) mass is 216 g/mol. The molecule has 0 atom stereocenters. The fraction of sp³-hybridized carbons (Fsp3) is 0.111. The van der Waals surface area contributed by atoms with E-state index in [4.69, 9.17) is 11.6 Å². The number of benzene rings is 1. The molecule has 0 aliphatic carbocycles. The van der Waals surface area contributed by atoms with Gasteiger partial charge in [0.1, 0.15) is 11.6 Å². The topological polar surface area (TPSA) is 20.2 Å². The van der Waals surface area contributed by atoms with Gasteiger partial charge in [-0.1, -0.05) is 0 Å². The van der Waals surface area contributed by atoms with E-state index in [0.717, 1.165) is 0 Å². The zero-order valence-electron chi connectivity index (χ0n) is 6.55. The van der Waals surface area contributed by atoms with Crippen molar-refractivity contribution in [2.45, 2.75) is 5.88 Å². The Bertz CT molecular complexity index is 452. The third kappa shape index (κ3) is 1.28. The van der Waals surface area contributed by atoms with Crippen LogP contribution in [0.5, 0.6) is 5.75 Å². The van der Waals surface area contributed by atoms with E-state index in [1.165, 1.54) is 17.4 Å². The van der Waals surface area contributed by atoms with Crippen molar-refractivity contribution in [2.24, 2.45) is 0 Å². The minimum atomic E-state index is -0.321. The first-order valence-corrected chi connectivity index (χ1v) is 5.09. The quantitative estimate of drug-likeness (QED) is 0.724. The van der Waals surface area contributed by atoms with Crippen LogP contribution >= 0.6 is 22.9 Å². The zero-order valence-corrected chi connectivity index (χ0v) is 8.12. The van der Waals surface area contributed by atoms with Gasteiger partial charge in [0.05, 0.1) is 10.6 Å². The number of alkyl halides is 1. The molecule has 2 aromatic rings. The molecule has 0 saturated heterocycles. The highest BCUT2D eigenvalue weighted by atomic mass is 35.5. The normalized spacial score (nSPS) is 10.9. The second-order valence-electron chi connectivity index (χ2n) is 2.66. The minimum absolute atomic E-state index is 0.0904. The van der Waals surface area contributed by atoms with E-state index in [2.05, 4.69) is 0 Å². The fourth-order valence-corrected chi connectivity index (χ4v) is 2.25. The van der Waals surface area contributed by atoms with Crippen molar-refractivity contribution in [3.63, 3.8) is 0 Å². The molecule has 0 aliphatic heterocycles. The van der Waals surface area contributed by atoms with Crippen molar-refractivity contribution in [1.82, 2.24) is 0 Å². The Labute approximate surface area is 83.4 Å². The first-order chi connectivity index (χ1) is 6.24. The second kappa shape index (κ2) is 3.16. The molecule has 0 amide bonds. The van der Waals surface area contributed by atoms with Gasteiger partial charge >= 0.3 is 0 Å². The number of phenols is 1. The van der Waals surface area contributed by atoms with Gasteiger partial charge in [-0.2, -0.15) is 0 Å². The van der Waals surface area contributed by atoms with E-state index in [0.29, 0.717) is 15.6 Å². The number of rotatable bonds is 1. The largest absolute Gasteiger partial charge is 0.507 e. The average molecular weight is 217 g/mol. The van der Waals surface area contributed by atoms with Crippen LogP contribution in [0.3, 0.4) is 0 Å². The molecule has 0 unspecified atom stereocenters. The van der Waals surface area contributed by atoms with Crippen LogP contribution in [0.4, 0.5) is 4.39 Å². The van der Waals surface area contributed by atoms with Gasteiger partial charge in [-0.25, -0.2) is 4.39 Å². The van der Waals surface area contributed by atoms with E-state index < -0.39 is 0 Å². The van der Waals surface area contributed by atoms with E-state index in [1.54, 1.807) is 11.4 Å². The number of aromatic hydroxyl groups is 1. The van der Waals surface area contributed by atoms with Gasteiger partial charge < -0.3 is 5.11 Å². The fourth-order valence-electron chi connectivity index (χ4n) is 1.24. The molecule has 2 rings (SSSR count). The number of phenolic OH excluding ortho intramolecular Hbond substituents is 1. The third-order valence-electron chi connectivity index (χ3n) is 1.89. The molecule has 0 bridgehead atoms. The Morgan fingerprint density at radius 1 is 1.54 bits per heavy atom. The van der Waals surface area contributed by atoms with Crippen LogP contribution < -0.4 is 0 Å². The molecular formula is C9H6ClFOS. The molecule has 0 aliphatic rings. The van der Waals surface area contributed by atoms with Crippen molar-refractivity contribution in [1.29, 1.82) is 0 Å². The minimum Gasteiger partial charge on any atom is -0.507 e. The van der Waals surface area contributed by atoms with Crippen molar-refractivity contribution < 1.29 is 9.50 Å². The lowest BCUT2D eigenvalue weighted by molar-refractivity contribution is 0.475. The molecule has 0 fully saturated rings. The highest BCUT2D eigenvalue weighted by Gasteiger charge is 2.11. The summed E-state index contributed by atoms with van der Waals surface area (Å²) in [5.74, 6) is -0.111. The summed E-state index contributed by atoms with van der Waals surface area (Å²) < 4.78 is 13.8. The summed E-state index contributed by atoms with van der Waals surface area (Å²) in [5.41, 5.74) is 0.435. The van der Waals surface area contributed by atoms with Gasteiger partial charge in [-0.15, -0.1) is 22.9 Å². The van der Waals surface area contributed by atoms with E-state index >= 15 is 0 Å². The lowest BCUT2D eigenvalue weighted by atomic mass is 10.1. The summed E-state index contributed by atoms with van der Waals surface area (Å²) in [4.78, 5) is 0. The SMILES string of the molecule is Oc1c(CCl)cc(F)c2sccc12. The lowest BCUT2D eigenvalue weighted by Gasteiger charge is -2.02. The van der Waals surface area contributed by atoms with Crippen LogP contribution in [0, 0.1) is 5.82 Å². The first-order valence-electron chi connectivity index (χ1n) is 3.67. The molecular weight excluding hydrogens is 211 g/mol. The van der Waals surface area contributed by atoms with Gasteiger partial charge in [-0.3, -0.25) is 0 Å². The average Bonchev–Trinajstić information content (AvgIpc) is 2.60. The molecule has 0 saturated carbocycles. The third-order valence-corrected chi connectivity index (χ3v) is 3.10. The van der Waals surface area contributed by atoms with Crippen molar-refractivity contribution >= 4 is 33.0 Å². The maximum Gasteiger partial charge on any atom is 0.141 e. The molecule has 13 heavy (non-hydrogen) atoms.